The first kappa shape index (κ1) is 22.7. The predicted octanol–water partition coefficient (Wildman–Crippen LogP) is 2.65. The summed E-state index contributed by atoms with van der Waals surface area (Å²) in [6.07, 6.45) is -11.5. The number of hydrogen-bond acceptors (Lipinski definition) is 5. The first-order chi connectivity index (χ1) is 11.0. The summed E-state index contributed by atoms with van der Waals surface area (Å²) in [4.78, 5) is 11.5. The van der Waals surface area contributed by atoms with Gasteiger partial charge in [0.05, 0.1) is 13.2 Å². The number of rotatable bonds is 12. The number of methoxy groups -OCH3 is 1. The van der Waals surface area contributed by atoms with Crippen LogP contribution in [0.4, 0.5) is 26.3 Å². The molecule has 24 heavy (non-hydrogen) atoms. The van der Waals surface area contributed by atoms with Crippen LogP contribution in [0.5, 0.6) is 0 Å². The Bertz CT molecular complexity index is 418. The molecule has 142 valence electrons. The van der Waals surface area contributed by atoms with Gasteiger partial charge in [-0.3, -0.25) is 0 Å². The van der Waals surface area contributed by atoms with Crippen molar-refractivity contribution in [2.75, 3.05) is 33.7 Å². The van der Waals surface area contributed by atoms with Gasteiger partial charge in [-0.15, -0.1) is 0 Å². The number of halogens is 6. The highest BCUT2D eigenvalue weighted by Gasteiger charge is 2.37. The van der Waals surface area contributed by atoms with Gasteiger partial charge >= 0.3 is 18.2 Å². The average Bonchev–Trinajstić information content (AvgIpc) is 2.52. The highest BCUT2D eigenvalue weighted by Crippen LogP contribution is 2.21. The third-order valence-electron chi connectivity index (χ3n) is 2.55. The molecule has 0 fully saturated rings. The van der Waals surface area contributed by atoms with Crippen LogP contribution in [0.15, 0.2) is 12.2 Å². The average molecular weight is 368 g/mol. The molecule has 0 saturated carbocycles. The smallest absolute Gasteiger partial charge is 0.384 e. The van der Waals surface area contributed by atoms with Crippen LogP contribution in [-0.2, 0) is 23.7 Å². The number of carbonyl (C=O) groups is 1. The minimum atomic E-state index is -4.17. The van der Waals surface area contributed by atoms with E-state index in [1.807, 2.05) is 0 Å². The zero-order chi connectivity index (χ0) is 19.0. The molecule has 5 nitrogen and oxygen atoms in total. The molecular formula is C13H18F6O5. The minimum absolute atomic E-state index is 0.123. The van der Waals surface area contributed by atoms with E-state index in [9.17, 15) is 31.1 Å². The molecule has 0 N–H and O–H groups in total. The second-order valence-corrected chi connectivity index (χ2v) is 4.66. The monoisotopic (exact) mass is 368 g/mol. The summed E-state index contributed by atoms with van der Waals surface area (Å²) >= 11 is 0. The molecule has 0 aliphatic carbocycles. The molecule has 0 aromatic rings. The largest absolute Gasteiger partial charge is 0.454 e. The van der Waals surface area contributed by atoms with E-state index in [2.05, 4.69) is 16.1 Å². The lowest BCUT2D eigenvalue weighted by atomic mass is 10.2. The lowest BCUT2D eigenvalue weighted by molar-refractivity contribution is -0.277. The maximum atomic E-state index is 12.8. The Morgan fingerprint density at radius 3 is 1.75 bits per heavy atom. The van der Waals surface area contributed by atoms with Crippen molar-refractivity contribution in [3.05, 3.63) is 12.2 Å². The Morgan fingerprint density at radius 2 is 1.42 bits per heavy atom. The quantitative estimate of drug-likeness (QED) is 0.301. The van der Waals surface area contributed by atoms with Crippen LogP contribution in [-0.4, -0.2) is 64.1 Å². The summed E-state index contributed by atoms with van der Waals surface area (Å²) in [5, 5.41) is 0. The van der Waals surface area contributed by atoms with Gasteiger partial charge in [0.15, 0.2) is 19.5 Å². The summed E-state index contributed by atoms with van der Waals surface area (Å²) in [7, 11) is 0.983. The van der Waals surface area contributed by atoms with Crippen molar-refractivity contribution in [2.45, 2.75) is 31.3 Å². The molecule has 11 heteroatoms. The Labute approximate surface area is 134 Å². The van der Waals surface area contributed by atoms with Gasteiger partial charge < -0.3 is 18.9 Å². The molecule has 0 heterocycles. The van der Waals surface area contributed by atoms with E-state index in [0.29, 0.717) is 0 Å². The molecule has 0 bridgehead atoms. The topological polar surface area (TPSA) is 54.0 Å². The summed E-state index contributed by atoms with van der Waals surface area (Å²) < 4.78 is 92.6. The van der Waals surface area contributed by atoms with Crippen molar-refractivity contribution >= 4 is 5.97 Å². The SMILES string of the molecule is C=C(C)C(=O)OC(COC(F)(F)CF)C(COC(F)(F)CF)OC. The van der Waals surface area contributed by atoms with Crippen LogP contribution in [0.1, 0.15) is 6.92 Å². The first-order valence-corrected chi connectivity index (χ1v) is 6.52. The number of ether oxygens (including phenoxy) is 4. The summed E-state index contributed by atoms with van der Waals surface area (Å²) in [6.45, 7) is -1.88. The van der Waals surface area contributed by atoms with E-state index in [4.69, 9.17) is 9.47 Å². The first-order valence-electron chi connectivity index (χ1n) is 6.52. The van der Waals surface area contributed by atoms with Gasteiger partial charge in [0.2, 0.25) is 0 Å². The third-order valence-corrected chi connectivity index (χ3v) is 2.55. The number of carbonyl (C=O) groups excluding carboxylic acids is 1. The van der Waals surface area contributed by atoms with Crippen molar-refractivity contribution < 1.29 is 50.1 Å². The normalized spacial score (nSPS) is 15.0. The Morgan fingerprint density at radius 1 is 1.00 bits per heavy atom. The molecular weight excluding hydrogens is 350 g/mol. The van der Waals surface area contributed by atoms with Gasteiger partial charge in [-0.25, -0.2) is 13.6 Å². The molecule has 0 amide bonds. The van der Waals surface area contributed by atoms with Crippen molar-refractivity contribution in [3.63, 3.8) is 0 Å². The standard InChI is InChI=1S/C13H18F6O5/c1-8(2)11(20)24-10(5-23-13(18,19)7-15)9(21-3)4-22-12(16,17)6-14/h9-10H,1,4-7H2,2-3H3. The lowest BCUT2D eigenvalue weighted by Crippen LogP contribution is -2.43. The molecule has 2 unspecified atom stereocenters. The maximum Gasteiger partial charge on any atom is 0.384 e. The molecule has 0 saturated heterocycles. The maximum absolute atomic E-state index is 12.8. The van der Waals surface area contributed by atoms with Gasteiger partial charge in [-0.2, -0.15) is 17.6 Å². The molecule has 0 aromatic carbocycles. The zero-order valence-corrected chi connectivity index (χ0v) is 13.0. The van der Waals surface area contributed by atoms with Crippen LogP contribution in [0, 0.1) is 0 Å². The molecule has 0 aliphatic heterocycles. The Balaban J connectivity index is 5.02. The van der Waals surface area contributed by atoms with E-state index in [0.717, 1.165) is 7.11 Å². The highest BCUT2D eigenvalue weighted by atomic mass is 19.3. The lowest BCUT2D eigenvalue weighted by Gasteiger charge is -2.28. The van der Waals surface area contributed by atoms with Gasteiger partial charge in [0.1, 0.15) is 6.10 Å². The molecule has 0 aromatic heterocycles. The fourth-order valence-electron chi connectivity index (χ4n) is 1.27. The fourth-order valence-corrected chi connectivity index (χ4v) is 1.27. The van der Waals surface area contributed by atoms with E-state index in [1.54, 1.807) is 0 Å². The summed E-state index contributed by atoms with van der Waals surface area (Å²) in [6, 6.07) is 0. The minimum Gasteiger partial charge on any atom is -0.454 e. The molecule has 0 aliphatic rings. The molecule has 2 atom stereocenters. The van der Waals surface area contributed by atoms with Gasteiger partial charge in [-0.1, -0.05) is 6.58 Å². The Kier molecular flexibility index (Phi) is 9.30. The zero-order valence-electron chi connectivity index (χ0n) is 13.0. The van der Waals surface area contributed by atoms with Gasteiger partial charge in [-0.05, 0) is 6.92 Å². The summed E-state index contributed by atoms with van der Waals surface area (Å²) in [5.41, 5.74) is -0.123. The van der Waals surface area contributed by atoms with E-state index < -0.39 is 57.0 Å². The van der Waals surface area contributed by atoms with Crippen molar-refractivity contribution in [1.82, 2.24) is 0 Å². The number of esters is 1. The highest BCUT2D eigenvalue weighted by molar-refractivity contribution is 5.87. The predicted molar refractivity (Wildman–Crippen MR) is 69.2 cm³/mol. The van der Waals surface area contributed by atoms with Gasteiger partial charge in [0.25, 0.3) is 0 Å². The summed E-state index contributed by atoms with van der Waals surface area (Å²) in [5.74, 6) is -1.05. The van der Waals surface area contributed by atoms with E-state index in [-0.39, 0.29) is 5.57 Å². The van der Waals surface area contributed by atoms with Crippen LogP contribution in [0.25, 0.3) is 0 Å². The number of hydrogen-bond donors (Lipinski definition) is 0. The molecule has 0 radical (unpaired) electrons. The van der Waals surface area contributed by atoms with Crippen molar-refractivity contribution in [1.29, 1.82) is 0 Å². The molecule has 0 spiro atoms. The van der Waals surface area contributed by atoms with Crippen molar-refractivity contribution in [2.24, 2.45) is 0 Å². The van der Waals surface area contributed by atoms with Crippen LogP contribution in [0.2, 0.25) is 0 Å². The van der Waals surface area contributed by atoms with E-state index >= 15 is 0 Å². The second kappa shape index (κ2) is 9.84. The fraction of sp³-hybridized carbons (Fsp3) is 0.769. The van der Waals surface area contributed by atoms with E-state index in [1.165, 1.54) is 6.92 Å². The number of alkyl halides is 6. The Hall–Kier alpha value is -1.33. The second-order valence-electron chi connectivity index (χ2n) is 4.66. The van der Waals surface area contributed by atoms with Gasteiger partial charge in [0, 0.05) is 12.7 Å². The van der Waals surface area contributed by atoms with Crippen LogP contribution in [0.3, 0.4) is 0 Å². The molecule has 0 rings (SSSR count). The van der Waals surface area contributed by atoms with Crippen LogP contribution < -0.4 is 0 Å². The van der Waals surface area contributed by atoms with Crippen LogP contribution >= 0.6 is 0 Å². The third kappa shape index (κ3) is 8.50. The van der Waals surface area contributed by atoms with Crippen molar-refractivity contribution in [3.8, 4) is 0 Å².